The van der Waals surface area contributed by atoms with Crippen molar-refractivity contribution < 1.29 is 14.3 Å². The lowest BCUT2D eigenvalue weighted by Gasteiger charge is -2.23. The van der Waals surface area contributed by atoms with Gasteiger partial charge in [-0.15, -0.1) is 23.7 Å². The maximum Gasteiger partial charge on any atom is 0.325 e. The summed E-state index contributed by atoms with van der Waals surface area (Å²) in [7, 11) is 0. The van der Waals surface area contributed by atoms with E-state index in [1.165, 1.54) is 29.9 Å². The van der Waals surface area contributed by atoms with Gasteiger partial charge in [0, 0.05) is 36.4 Å². The van der Waals surface area contributed by atoms with E-state index in [2.05, 4.69) is 50.0 Å². The Morgan fingerprint density at radius 2 is 2.03 bits per heavy atom. The molecule has 0 saturated carbocycles. The van der Waals surface area contributed by atoms with Gasteiger partial charge < -0.3 is 20.3 Å². The summed E-state index contributed by atoms with van der Waals surface area (Å²) >= 11 is 1.34. The molecule has 210 valence electrons. The van der Waals surface area contributed by atoms with E-state index in [1.54, 1.807) is 0 Å². The molecule has 1 aromatic carbocycles. The van der Waals surface area contributed by atoms with Gasteiger partial charge >= 0.3 is 6.03 Å². The number of carbonyl (C=O) groups excluding carboxylic acids is 2. The van der Waals surface area contributed by atoms with Gasteiger partial charge in [0.25, 0.3) is 5.91 Å². The molecule has 4 rings (SSSR count). The monoisotopic (exact) mass is 573 g/mol. The van der Waals surface area contributed by atoms with Crippen LogP contribution < -0.4 is 26.0 Å². The van der Waals surface area contributed by atoms with Gasteiger partial charge in [0.2, 0.25) is 0 Å². The Morgan fingerprint density at radius 1 is 1.18 bits per heavy atom. The predicted molar refractivity (Wildman–Crippen MR) is 158 cm³/mol. The van der Waals surface area contributed by atoms with E-state index >= 15 is 0 Å². The van der Waals surface area contributed by atoms with Crippen LogP contribution in [0, 0.1) is 0 Å². The number of rotatable bonds is 11. The molecule has 12 heteroatoms. The van der Waals surface area contributed by atoms with Crippen molar-refractivity contribution in [3.05, 3.63) is 54.5 Å². The second-order valence-electron chi connectivity index (χ2n) is 8.94. The molecule has 3 amide bonds. The molecule has 1 unspecified atom stereocenters. The molecule has 4 N–H and O–H groups in total. The van der Waals surface area contributed by atoms with Crippen molar-refractivity contribution >= 4 is 46.5 Å². The Bertz CT molecular complexity index is 1200. The van der Waals surface area contributed by atoms with Crippen LogP contribution in [-0.4, -0.2) is 72.2 Å². The Balaban J connectivity index is 0.00000420. The van der Waals surface area contributed by atoms with Crippen molar-refractivity contribution in [3.63, 3.8) is 0 Å². The lowest BCUT2D eigenvalue weighted by molar-refractivity contribution is 0.0932. The van der Waals surface area contributed by atoms with Crippen LogP contribution in [0.25, 0.3) is 10.4 Å². The number of nitrogens with zero attached hydrogens (tertiary/aromatic N) is 3. The maximum absolute atomic E-state index is 13.3. The number of ether oxygens (including phenoxy) is 1. The summed E-state index contributed by atoms with van der Waals surface area (Å²) in [5.74, 6) is 0.857. The molecule has 10 nitrogen and oxygen atoms in total. The molecule has 3 heterocycles. The normalized spacial score (nSPS) is 14.8. The highest BCUT2D eigenvalue weighted by molar-refractivity contribution is 7.20. The van der Waals surface area contributed by atoms with Crippen molar-refractivity contribution in [2.75, 3.05) is 50.0 Å². The molecule has 39 heavy (non-hydrogen) atoms. The number of anilines is 2. The second kappa shape index (κ2) is 15.4. The zero-order valence-electron chi connectivity index (χ0n) is 22.2. The van der Waals surface area contributed by atoms with Gasteiger partial charge in [0.05, 0.1) is 11.8 Å². The number of amides is 3. The van der Waals surface area contributed by atoms with Gasteiger partial charge in [-0.2, -0.15) is 0 Å². The third kappa shape index (κ3) is 8.89. The van der Waals surface area contributed by atoms with Gasteiger partial charge in [0.15, 0.2) is 5.82 Å². The van der Waals surface area contributed by atoms with E-state index in [-0.39, 0.29) is 24.4 Å². The van der Waals surface area contributed by atoms with Crippen LogP contribution in [-0.2, 0) is 0 Å². The van der Waals surface area contributed by atoms with Gasteiger partial charge in [-0.1, -0.05) is 26.0 Å². The van der Waals surface area contributed by atoms with E-state index < -0.39 is 6.03 Å². The molecule has 0 bridgehead atoms. The third-order valence-electron chi connectivity index (χ3n) is 6.33. The highest BCUT2D eigenvalue weighted by Gasteiger charge is 2.22. The van der Waals surface area contributed by atoms with Crippen LogP contribution in [0.1, 0.15) is 37.0 Å². The summed E-state index contributed by atoms with van der Waals surface area (Å²) in [6.45, 7) is 9.37. The van der Waals surface area contributed by atoms with E-state index in [0.717, 1.165) is 61.8 Å². The smallest absolute Gasteiger partial charge is 0.325 e. The standard InChI is InChI=1S/C27H35N7O3S.ClH/c1-3-34(4-2)13-14-37-21-9-5-7-19(15-21)23-16-22(25(35)31-20-8-6-10-28-17-20)26(38-23)33-27(36)32-24-18-29-11-12-30-24;/h5,7,9,11-12,15-16,18,20,28H,3-4,6,8,10,13-14,17H2,1-2H3,(H,31,35)(H2,30,32,33,36);1H. The molecule has 1 fully saturated rings. The maximum atomic E-state index is 13.3. The number of likely N-dealkylation sites (N-methyl/N-ethyl adjacent to an activating group) is 1. The van der Waals surface area contributed by atoms with Crippen molar-refractivity contribution in [1.82, 2.24) is 25.5 Å². The van der Waals surface area contributed by atoms with Crippen molar-refractivity contribution in [2.45, 2.75) is 32.7 Å². The second-order valence-corrected chi connectivity index (χ2v) is 10.00. The number of aromatic nitrogens is 2. The zero-order valence-corrected chi connectivity index (χ0v) is 23.9. The summed E-state index contributed by atoms with van der Waals surface area (Å²) in [4.78, 5) is 37.2. The van der Waals surface area contributed by atoms with E-state index in [1.807, 2.05) is 30.3 Å². The van der Waals surface area contributed by atoms with Crippen molar-refractivity contribution in [3.8, 4) is 16.2 Å². The number of hydrogen-bond acceptors (Lipinski definition) is 8. The third-order valence-corrected chi connectivity index (χ3v) is 7.43. The average Bonchev–Trinajstić information content (AvgIpc) is 3.36. The first-order valence-electron chi connectivity index (χ1n) is 13.0. The number of halogens is 1. The number of nitrogens with one attached hydrogen (secondary N) is 4. The molecule has 1 atom stereocenters. The molecule has 0 radical (unpaired) electrons. The quantitative estimate of drug-likeness (QED) is 0.267. The van der Waals surface area contributed by atoms with Crippen LogP contribution in [0.5, 0.6) is 5.75 Å². The number of hydrogen-bond donors (Lipinski definition) is 4. The first-order valence-corrected chi connectivity index (χ1v) is 13.8. The average molecular weight is 574 g/mol. The highest BCUT2D eigenvalue weighted by atomic mass is 35.5. The molecule has 0 spiro atoms. The summed E-state index contributed by atoms with van der Waals surface area (Å²) in [5.41, 5.74) is 1.32. The summed E-state index contributed by atoms with van der Waals surface area (Å²) in [6.07, 6.45) is 6.39. The predicted octanol–water partition coefficient (Wildman–Crippen LogP) is 4.47. The Kier molecular flexibility index (Phi) is 11.9. The fraction of sp³-hybridized carbons (Fsp3) is 0.407. The van der Waals surface area contributed by atoms with Crippen LogP contribution in [0.2, 0.25) is 0 Å². The molecule has 1 aliphatic rings. The van der Waals surface area contributed by atoms with E-state index in [4.69, 9.17) is 4.74 Å². The van der Waals surface area contributed by atoms with Crippen molar-refractivity contribution in [1.29, 1.82) is 0 Å². The molecular weight excluding hydrogens is 538 g/mol. The molecule has 1 aliphatic heterocycles. The van der Waals surface area contributed by atoms with E-state index in [9.17, 15) is 9.59 Å². The summed E-state index contributed by atoms with van der Waals surface area (Å²) in [5, 5.41) is 12.4. The topological polar surface area (TPSA) is 121 Å². The SMILES string of the molecule is CCN(CC)CCOc1cccc(-c2cc(C(=O)NC3CCCNC3)c(NC(=O)Nc3cnccn3)s2)c1.Cl. The van der Waals surface area contributed by atoms with Gasteiger partial charge in [-0.25, -0.2) is 9.78 Å². The Morgan fingerprint density at radius 3 is 2.74 bits per heavy atom. The lowest BCUT2D eigenvalue weighted by Crippen LogP contribution is -2.45. The molecule has 0 aliphatic carbocycles. The molecule has 3 aromatic rings. The largest absolute Gasteiger partial charge is 0.492 e. The molecule has 2 aromatic heterocycles. The summed E-state index contributed by atoms with van der Waals surface area (Å²) < 4.78 is 6.00. The first kappa shape index (κ1) is 30.3. The molecular formula is C27H36ClN7O3S. The fourth-order valence-electron chi connectivity index (χ4n) is 4.22. The van der Waals surface area contributed by atoms with Gasteiger partial charge in [-0.3, -0.25) is 20.4 Å². The Labute approximate surface area is 239 Å². The number of thiophene rings is 1. The van der Waals surface area contributed by atoms with Crippen LogP contribution in [0.15, 0.2) is 48.9 Å². The van der Waals surface area contributed by atoms with Gasteiger partial charge in [0.1, 0.15) is 17.4 Å². The minimum atomic E-state index is -0.499. The number of piperidine rings is 1. The highest BCUT2D eigenvalue weighted by Crippen LogP contribution is 2.37. The van der Waals surface area contributed by atoms with Crippen LogP contribution >= 0.6 is 23.7 Å². The fourth-order valence-corrected chi connectivity index (χ4v) is 5.27. The number of urea groups is 1. The minimum absolute atomic E-state index is 0. The first-order chi connectivity index (χ1) is 18.6. The van der Waals surface area contributed by atoms with E-state index in [0.29, 0.717) is 23.0 Å². The van der Waals surface area contributed by atoms with Gasteiger partial charge in [-0.05, 0) is 56.2 Å². The lowest BCUT2D eigenvalue weighted by atomic mass is 10.1. The minimum Gasteiger partial charge on any atom is -0.492 e. The molecule has 1 saturated heterocycles. The van der Waals surface area contributed by atoms with Crippen LogP contribution in [0.3, 0.4) is 0 Å². The number of benzene rings is 1. The van der Waals surface area contributed by atoms with Crippen molar-refractivity contribution in [2.24, 2.45) is 0 Å². The van der Waals surface area contributed by atoms with Crippen LogP contribution in [0.4, 0.5) is 15.6 Å². The Hall–Kier alpha value is -3.25. The zero-order chi connectivity index (χ0) is 26.7. The number of carbonyl (C=O) groups is 2. The summed E-state index contributed by atoms with van der Waals surface area (Å²) in [6, 6.07) is 9.16.